The Labute approximate surface area is 104 Å². The summed E-state index contributed by atoms with van der Waals surface area (Å²) in [5, 5.41) is 0. The molecular weight excluding hydrogens is 234 g/mol. The van der Waals surface area contributed by atoms with Crippen LogP contribution in [0.5, 0.6) is 17.4 Å². The highest BCUT2D eigenvalue weighted by molar-refractivity contribution is 5.55. The molecule has 3 N–H and O–H groups in total. The van der Waals surface area contributed by atoms with Crippen LogP contribution in [-0.4, -0.2) is 22.1 Å². The van der Waals surface area contributed by atoms with Crippen molar-refractivity contribution in [2.45, 2.75) is 6.92 Å². The molecule has 0 saturated heterocycles. The zero-order valence-electron chi connectivity index (χ0n) is 10.0. The van der Waals surface area contributed by atoms with Crippen LogP contribution in [0.2, 0.25) is 0 Å². The van der Waals surface area contributed by atoms with Gasteiger partial charge < -0.3 is 14.9 Å². The van der Waals surface area contributed by atoms with E-state index in [2.05, 4.69) is 20.4 Å². The normalized spacial score (nSPS) is 9.94. The Morgan fingerprint density at radius 3 is 2.78 bits per heavy atom. The maximum absolute atomic E-state index is 5.64. The Morgan fingerprint density at radius 1 is 1.28 bits per heavy atom. The molecule has 0 amide bonds. The number of hydrazine groups is 1. The van der Waals surface area contributed by atoms with E-state index in [1.807, 2.05) is 6.92 Å². The molecule has 0 spiro atoms. The van der Waals surface area contributed by atoms with Crippen molar-refractivity contribution >= 4 is 5.82 Å². The van der Waals surface area contributed by atoms with E-state index in [0.717, 1.165) is 5.69 Å². The van der Waals surface area contributed by atoms with Crippen molar-refractivity contribution in [3.8, 4) is 17.4 Å². The molecule has 2 aromatic heterocycles. The molecule has 0 bridgehead atoms. The van der Waals surface area contributed by atoms with Crippen LogP contribution in [0.3, 0.4) is 0 Å². The zero-order valence-corrected chi connectivity index (χ0v) is 10.0. The van der Waals surface area contributed by atoms with Gasteiger partial charge in [-0.05, 0) is 19.1 Å². The van der Waals surface area contributed by atoms with E-state index in [4.69, 9.17) is 15.3 Å². The van der Waals surface area contributed by atoms with Crippen LogP contribution in [-0.2, 0) is 0 Å². The largest absolute Gasteiger partial charge is 0.489 e. The van der Waals surface area contributed by atoms with Gasteiger partial charge >= 0.3 is 0 Å². The maximum atomic E-state index is 5.64. The molecule has 7 nitrogen and oxygen atoms in total. The number of aryl methyl sites for hydroxylation is 1. The quantitative estimate of drug-likeness (QED) is 0.620. The number of methoxy groups -OCH3 is 1. The predicted molar refractivity (Wildman–Crippen MR) is 65.4 cm³/mol. The highest BCUT2D eigenvalue weighted by Gasteiger charge is 2.14. The fourth-order valence-electron chi connectivity index (χ4n) is 1.40. The number of hydrogen-bond donors (Lipinski definition) is 2. The lowest BCUT2D eigenvalue weighted by Crippen LogP contribution is -2.11. The molecule has 94 valence electrons. The van der Waals surface area contributed by atoms with Gasteiger partial charge in [0.1, 0.15) is 6.33 Å². The second-order valence-electron chi connectivity index (χ2n) is 3.39. The second kappa shape index (κ2) is 5.28. The fourth-order valence-corrected chi connectivity index (χ4v) is 1.40. The summed E-state index contributed by atoms with van der Waals surface area (Å²) in [6, 6.07) is 3.57. The highest BCUT2D eigenvalue weighted by atomic mass is 16.5. The number of nitrogens with one attached hydrogen (secondary N) is 1. The smallest absolute Gasteiger partial charge is 0.268 e. The number of hydrogen-bond acceptors (Lipinski definition) is 7. The minimum absolute atomic E-state index is 0.275. The van der Waals surface area contributed by atoms with Gasteiger partial charge in [0.15, 0.2) is 11.6 Å². The van der Waals surface area contributed by atoms with Crippen LogP contribution in [0.15, 0.2) is 24.7 Å². The van der Waals surface area contributed by atoms with Gasteiger partial charge in [0.05, 0.1) is 12.8 Å². The Morgan fingerprint density at radius 2 is 2.11 bits per heavy atom. The number of nitrogens with two attached hydrogens (primary N) is 1. The second-order valence-corrected chi connectivity index (χ2v) is 3.39. The molecule has 0 saturated carbocycles. The van der Waals surface area contributed by atoms with Gasteiger partial charge in [-0.2, -0.15) is 4.98 Å². The Bertz CT molecular complexity index is 547. The minimum atomic E-state index is 0.275. The van der Waals surface area contributed by atoms with Crippen molar-refractivity contribution < 1.29 is 9.47 Å². The third-order valence-electron chi connectivity index (χ3n) is 2.28. The number of pyridine rings is 1. The van der Waals surface area contributed by atoms with Gasteiger partial charge in [-0.3, -0.25) is 4.98 Å². The molecule has 0 aliphatic rings. The molecule has 7 heteroatoms. The van der Waals surface area contributed by atoms with E-state index in [-0.39, 0.29) is 5.88 Å². The van der Waals surface area contributed by atoms with E-state index < -0.39 is 0 Å². The molecule has 0 aromatic carbocycles. The lowest BCUT2D eigenvalue weighted by Gasteiger charge is -2.12. The van der Waals surface area contributed by atoms with Crippen LogP contribution in [0.4, 0.5) is 5.82 Å². The third-order valence-corrected chi connectivity index (χ3v) is 2.28. The molecule has 0 aliphatic heterocycles. The number of rotatable bonds is 4. The van der Waals surface area contributed by atoms with Gasteiger partial charge in [0.2, 0.25) is 5.75 Å². The Kier molecular flexibility index (Phi) is 3.54. The number of ether oxygens (including phenoxy) is 2. The Balaban J connectivity index is 2.37. The molecule has 2 rings (SSSR count). The van der Waals surface area contributed by atoms with Gasteiger partial charge in [-0.25, -0.2) is 10.8 Å². The molecule has 0 fully saturated rings. The van der Waals surface area contributed by atoms with Crippen LogP contribution < -0.4 is 20.7 Å². The number of nitrogen functional groups attached to an aromatic ring is 1. The lowest BCUT2D eigenvalue weighted by atomic mass is 10.3. The molecule has 18 heavy (non-hydrogen) atoms. The summed E-state index contributed by atoms with van der Waals surface area (Å²) < 4.78 is 10.8. The third kappa shape index (κ3) is 2.30. The van der Waals surface area contributed by atoms with Gasteiger partial charge in [0, 0.05) is 6.20 Å². The summed E-state index contributed by atoms with van der Waals surface area (Å²) in [6.07, 6.45) is 3.02. The molecule has 0 radical (unpaired) electrons. The number of nitrogens with zero attached hydrogens (tertiary/aromatic N) is 3. The number of aromatic nitrogens is 3. The van der Waals surface area contributed by atoms with Crippen molar-refractivity contribution in [3.05, 3.63) is 30.4 Å². The molecule has 2 aromatic rings. The van der Waals surface area contributed by atoms with E-state index >= 15 is 0 Å². The van der Waals surface area contributed by atoms with Gasteiger partial charge in [-0.1, -0.05) is 0 Å². The first-order valence-corrected chi connectivity index (χ1v) is 5.21. The topological polar surface area (TPSA) is 95.2 Å². The first-order valence-electron chi connectivity index (χ1n) is 5.21. The van der Waals surface area contributed by atoms with Crippen molar-refractivity contribution in [2.24, 2.45) is 5.84 Å². The van der Waals surface area contributed by atoms with E-state index in [1.54, 1.807) is 18.3 Å². The monoisotopic (exact) mass is 247 g/mol. The van der Waals surface area contributed by atoms with Crippen molar-refractivity contribution in [3.63, 3.8) is 0 Å². The lowest BCUT2D eigenvalue weighted by molar-refractivity contribution is 0.367. The summed E-state index contributed by atoms with van der Waals surface area (Å²) in [5.74, 6) is 6.89. The van der Waals surface area contributed by atoms with Gasteiger partial charge in [0.25, 0.3) is 5.88 Å². The average molecular weight is 247 g/mol. The molecule has 0 aliphatic carbocycles. The first-order chi connectivity index (χ1) is 8.76. The van der Waals surface area contributed by atoms with E-state index in [1.165, 1.54) is 13.4 Å². The highest BCUT2D eigenvalue weighted by Crippen LogP contribution is 2.34. The van der Waals surface area contributed by atoms with Crippen LogP contribution >= 0.6 is 0 Å². The SMILES string of the molecule is COc1c(NN)ncnc1Oc1cccnc1C. The van der Waals surface area contributed by atoms with Crippen molar-refractivity contribution in [2.75, 3.05) is 12.5 Å². The minimum Gasteiger partial charge on any atom is -0.489 e. The zero-order chi connectivity index (χ0) is 13.0. The first kappa shape index (κ1) is 12.1. The molecule has 0 unspecified atom stereocenters. The summed E-state index contributed by atoms with van der Waals surface area (Å²) in [5.41, 5.74) is 3.17. The summed E-state index contributed by atoms with van der Waals surface area (Å²) in [7, 11) is 1.49. The number of anilines is 1. The summed E-state index contributed by atoms with van der Waals surface area (Å²) in [4.78, 5) is 12.1. The van der Waals surface area contributed by atoms with Crippen LogP contribution in [0.1, 0.15) is 5.69 Å². The molecule has 0 atom stereocenters. The van der Waals surface area contributed by atoms with Crippen LogP contribution in [0, 0.1) is 6.92 Å². The van der Waals surface area contributed by atoms with E-state index in [9.17, 15) is 0 Å². The van der Waals surface area contributed by atoms with Gasteiger partial charge in [-0.15, -0.1) is 0 Å². The fraction of sp³-hybridized carbons (Fsp3) is 0.182. The van der Waals surface area contributed by atoms with Crippen molar-refractivity contribution in [1.29, 1.82) is 0 Å². The molecule has 2 heterocycles. The Hall–Kier alpha value is -2.41. The van der Waals surface area contributed by atoms with Crippen molar-refractivity contribution in [1.82, 2.24) is 15.0 Å². The maximum Gasteiger partial charge on any atom is 0.268 e. The molecular formula is C11H13N5O2. The summed E-state index contributed by atoms with van der Waals surface area (Å²) in [6.45, 7) is 1.84. The summed E-state index contributed by atoms with van der Waals surface area (Å²) >= 11 is 0. The average Bonchev–Trinajstić information content (AvgIpc) is 2.41. The standard InChI is InChI=1S/C11H13N5O2/c1-7-8(4-3-5-13-7)18-11-9(17-2)10(16-12)14-6-15-11/h3-6H,12H2,1-2H3,(H,14,15,16). The van der Waals surface area contributed by atoms with E-state index in [0.29, 0.717) is 17.3 Å². The van der Waals surface area contributed by atoms with Crippen LogP contribution in [0.25, 0.3) is 0 Å². The predicted octanol–water partition coefficient (Wildman–Crippen LogP) is 1.27.